The number of carbonyl (C=O) groups excluding carboxylic acids is 1. The molecule has 0 bridgehead atoms. The summed E-state index contributed by atoms with van der Waals surface area (Å²) < 4.78 is 5.83. The van der Waals surface area contributed by atoms with Crippen molar-refractivity contribution in [2.75, 3.05) is 0 Å². The Morgan fingerprint density at radius 1 is 1.45 bits per heavy atom. The van der Waals surface area contributed by atoms with Gasteiger partial charge in [-0.3, -0.25) is 10.2 Å². The molecular weight excluding hydrogens is 276 g/mol. The lowest BCUT2D eigenvalue weighted by Gasteiger charge is -2.20. The molecule has 0 aliphatic rings. The number of aryl methyl sites for hydroxylation is 1. The Morgan fingerprint density at radius 2 is 2.10 bits per heavy atom. The van der Waals surface area contributed by atoms with Crippen LogP contribution < -0.4 is 16.0 Å². The highest BCUT2D eigenvalue weighted by Gasteiger charge is 2.20. The zero-order valence-electron chi connectivity index (χ0n) is 12.5. The quantitative estimate of drug-likeness (QED) is 0.481. The Labute approximate surface area is 125 Å². The van der Waals surface area contributed by atoms with Crippen LogP contribution in [-0.2, 0) is 4.79 Å². The lowest BCUT2D eigenvalue weighted by Crippen LogP contribution is -2.42. The molecule has 5 heteroatoms. The molecule has 1 aromatic carbocycles. The number of rotatable bonds is 6. The van der Waals surface area contributed by atoms with E-state index in [1.54, 1.807) is 0 Å². The van der Waals surface area contributed by atoms with Crippen LogP contribution in [0.1, 0.15) is 50.7 Å². The number of ether oxygens (including phenoxy) is 1. The molecule has 0 aliphatic carbocycles. The third-order valence-electron chi connectivity index (χ3n) is 3.17. The first kappa shape index (κ1) is 16.8. The molecule has 1 aromatic rings. The summed E-state index contributed by atoms with van der Waals surface area (Å²) in [5.74, 6) is 5.85. The summed E-state index contributed by atoms with van der Waals surface area (Å²) in [5.41, 5.74) is 4.07. The van der Waals surface area contributed by atoms with Crippen LogP contribution in [0.5, 0.6) is 5.75 Å². The molecule has 0 spiro atoms. The van der Waals surface area contributed by atoms with Crippen molar-refractivity contribution in [2.24, 2.45) is 5.84 Å². The average Bonchev–Trinajstić information content (AvgIpc) is 2.39. The van der Waals surface area contributed by atoms with E-state index in [9.17, 15) is 4.79 Å². The lowest BCUT2D eigenvalue weighted by molar-refractivity contribution is -0.128. The summed E-state index contributed by atoms with van der Waals surface area (Å²) >= 11 is 6.23. The van der Waals surface area contributed by atoms with E-state index in [-0.39, 0.29) is 5.91 Å². The van der Waals surface area contributed by atoms with Gasteiger partial charge in [0.2, 0.25) is 0 Å². The van der Waals surface area contributed by atoms with Crippen LogP contribution in [0, 0.1) is 6.92 Å². The Morgan fingerprint density at radius 3 is 2.60 bits per heavy atom. The molecule has 1 amide bonds. The number of hydrazine groups is 1. The lowest BCUT2D eigenvalue weighted by atomic mass is 10.0. The third kappa shape index (κ3) is 4.12. The van der Waals surface area contributed by atoms with Crippen LogP contribution in [-0.4, -0.2) is 12.0 Å². The Balaban J connectivity index is 3.05. The van der Waals surface area contributed by atoms with Crippen molar-refractivity contribution in [3.05, 3.63) is 28.3 Å². The topological polar surface area (TPSA) is 64.3 Å². The second-order valence-electron chi connectivity index (χ2n) is 5.20. The van der Waals surface area contributed by atoms with Gasteiger partial charge in [-0.2, -0.15) is 0 Å². The normalized spacial score (nSPS) is 12.3. The summed E-state index contributed by atoms with van der Waals surface area (Å²) in [5, 5.41) is 0.722. The van der Waals surface area contributed by atoms with Gasteiger partial charge >= 0.3 is 0 Å². The van der Waals surface area contributed by atoms with Crippen molar-refractivity contribution in [3.8, 4) is 5.75 Å². The number of amides is 1. The van der Waals surface area contributed by atoms with Crippen molar-refractivity contribution in [1.82, 2.24) is 5.43 Å². The van der Waals surface area contributed by atoms with Crippen LogP contribution >= 0.6 is 11.6 Å². The van der Waals surface area contributed by atoms with Crippen molar-refractivity contribution in [2.45, 2.75) is 52.6 Å². The molecule has 0 radical (unpaired) electrons. The zero-order valence-corrected chi connectivity index (χ0v) is 13.3. The van der Waals surface area contributed by atoms with Gasteiger partial charge in [0.25, 0.3) is 5.91 Å². The molecule has 3 N–H and O–H groups in total. The number of nitrogens with two attached hydrogens (primary N) is 1. The van der Waals surface area contributed by atoms with E-state index in [0.717, 1.165) is 22.6 Å². The SMILES string of the molecule is CCCC(Oc1cc(C(C)C)c(Cl)cc1C)C(=O)NN. The minimum atomic E-state index is -0.579. The fraction of sp³-hybridized carbons (Fsp3) is 0.533. The molecule has 1 unspecified atom stereocenters. The van der Waals surface area contributed by atoms with Crippen molar-refractivity contribution in [3.63, 3.8) is 0 Å². The maximum absolute atomic E-state index is 11.7. The highest BCUT2D eigenvalue weighted by atomic mass is 35.5. The fourth-order valence-electron chi connectivity index (χ4n) is 1.99. The molecule has 0 aromatic heterocycles. The number of hydrogen-bond acceptors (Lipinski definition) is 3. The van der Waals surface area contributed by atoms with Crippen LogP contribution in [0.4, 0.5) is 0 Å². The van der Waals surface area contributed by atoms with Crippen LogP contribution in [0.3, 0.4) is 0 Å². The van der Waals surface area contributed by atoms with Gasteiger partial charge in [-0.15, -0.1) is 0 Å². The number of benzene rings is 1. The van der Waals surface area contributed by atoms with Crippen LogP contribution in [0.15, 0.2) is 12.1 Å². The van der Waals surface area contributed by atoms with Gasteiger partial charge in [0.15, 0.2) is 6.10 Å². The number of hydrogen-bond donors (Lipinski definition) is 2. The van der Waals surface area contributed by atoms with E-state index in [0.29, 0.717) is 18.1 Å². The summed E-state index contributed by atoms with van der Waals surface area (Å²) in [6.07, 6.45) is 0.869. The van der Waals surface area contributed by atoms with Crippen molar-refractivity contribution in [1.29, 1.82) is 0 Å². The minimum absolute atomic E-state index is 0.290. The molecule has 4 nitrogen and oxygen atoms in total. The first-order valence-electron chi connectivity index (χ1n) is 6.87. The summed E-state index contributed by atoms with van der Waals surface area (Å²) in [7, 11) is 0. The van der Waals surface area contributed by atoms with Gasteiger partial charge < -0.3 is 4.74 Å². The molecule has 112 valence electrons. The average molecular weight is 299 g/mol. The van der Waals surface area contributed by atoms with E-state index in [1.807, 2.05) is 26.0 Å². The van der Waals surface area contributed by atoms with E-state index in [2.05, 4.69) is 19.3 Å². The first-order chi connectivity index (χ1) is 9.40. The van der Waals surface area contributed by atoms with Gasteiger partial charge in [-0.05, 0) is 42.5 Å². The fourth-order valence-corrected chi connectivity index (χ4v) is 2.43. The maximum atomic E-state index is 11.7. The maximum Gasteiger partial charge on any atom is 0.274 e. The van der Waals surface area contributed by atoms with Gasteiger partial charge in [-0.25, -0.2) is 5.84 Å². The molecule has 1 rings (SSSR count). The molecule has 0 saturated carbocycles. The standard InChI is InChI=1S/C15H23ClN2O2/c1-5-6-13(15(19)18-17)20-14-8-11(9(2)3)12(16)7-10(14)4/h7-9,13H,5-6,17H2,1-4H3,(H,18,19). The summed E-state index contributed by atoms with van der Waals surface area (Å²) in [6.45, 7) is 8.04. The van der Waals surface area contributed by atoms with E-state index in [1.165, 1.54) is 0 Å². The second kappa shape index (κ2) is 7.50. The monoisotopic (exact) mass is 298 g/mol. The van der Waals surface area contributed by atoms with Gasteiger partial charge in [0.1, 0.15) is 5.75 Å². The number of halogens is 1. The highest BCUT2D eigenvalue weighted by molar-refractivity contribution is 6.31. The molecule has 0 fully saturated rings. The van der Waals surface area contributed by atoms with Crippen LogP contribution in [0.2, 0.25) is 5.02 Å². The molecule has 0 saturated heterocycles. The number of carbonyl (C=O) groups is 1. The van der Waals surface area contributed by atoms with Gasteiger partial charge in [0.05, 0.1) is 0 Å². The predicted molar refractivity (Wildman–Crippen MR) is 81.9 cm³/mol. The third-order valence-corrected chi connectivity index (χ3v) is 3.50. The Hall–Kier alpha value is -1.26. The van der Waals surface area contributed by atoms with Crippen molar-refractivity contribution < 1.29 is 9.53 Å². The molecular formula is C15H23ClN2O2. The predicted octanol–water partition coefficient (Wildman–Crippen LogP) is 3.31. The summed E-state index contributed by atoms with van der Waals surface area (Å²) in [4.78, 5) is 11.7. The Bertz CT molecular complexity index is 475. The summed E-state index contributed by atoms with van der Waals surface area (Å²) in [6, 6.07) is 3.78. The molecule has 0 aliphatic heterocycles. The van der Waals surface area contributed by atoms with E-state index >= 15 is 0 Å². The molecule has 0 heterocycles. The van der Waals surface area contributed by atoms with Gasteiger partial charge in [0, 0.05) is 5.02 Å². The molecule has 1 atom stereocenters. The highest BCUT2D eigenvalue weighted by Crippen LogP contribution is 2.32. The first-order valence-corrected chi connectivity index (χ1v) is 7.25. The number of nitrogens with one attached hydrogen (secondary N) is 1. The Kier molecular flexibility index (Phi) is 6.30. The van der Waals surface area contributed by atoms with E-state index in [4.69, 9.17) is 22.2 Å². The zero-order chi connectivity index (χ0) is 15.3. The van der Waals surface area contributed by atoms with Crippen molar-refractivity contribution >= 4 is 17.5 Å². The largest absolute Gasteiger partial charge is 0.480 e. The second-order valence-corrected chi connectivity index (χ2v) is 5.60. The van der Waals surface area contributed by atoms with E-state index < -0.39 is 6.10 Å². The molecule has 20 heavy (non-hydrogen) atoms. The van der Waals surface area contributed by atoms with Crippen LogP contribution in [0.25, 0.3) is 0 Å². The minimum Gasteiger partial charge on any atom is -0.480 e. The van der Waals surface area contributed by atoms with Gasteiger partial charge in [-0.1, -0.05) is 38.8 Å². The smallest absolute Gasteiger partial charge is 0.274 e.